The molecule has 8 nitrogen and oxygen atoms in total. The van der Waals surface area contributed by atoms with Crippen molar-refractivity contribution in [2.75, 3.05) is 12.4 Å². The Kier molecular flexibility index (Phi) is 6.89. The van der Waals surface area contributed by atoms with E-state index in [4.69, 9.17) is 4.74 Å². The van der Waals surface area contributed by atoms with Crippen LogP contribution in [0.2, 0.25) is 0 Å². The highest BCUT2D eigenvalue weighted by molar-refractivity contribution is 7.15. The first-order chi connectivity index (χ1) is 17.4. The standard InChI is InChI=1S/C25H21F3N4O4S/c1-13-8-14(10-16(9-13)31-23-29-7-6-20(32-23)25(26,27)28)19-12-30-22(37-19)24(2,35)15-4-5-17(21(33)34)18(11-15)36-3/h4-12,35H,1-3H3,(H,33,34)(H,29,31,32). The number of halogens is 3. The number of alkyl halides is 3. The first-order valence-electron chi connectivity index (χ1n) is 10.8. The number of aromatic nitrogens is 3. The summed E-state index contributed by atoms with van der Waals surface area (Å²) in [4.78, 5) is 23.9. The number of aryl methyl sites for hydroxylation is 1. The number of hydrogen-bond donors (Lipinski definition) is 3. The van der Waals surface area contributed by atoms with Crippen LogP contribution in [-0.4, -0.2) is 38.2 Å². The first kappa shape index (κ1) is 26.0. The lowest BCUT2D eigenvalue weighted by Gasteiger charge is -2.22. The number of anilines is 2. The first-order valence-corrected chi connectivity index (χ1v) is 11.6. The minimum atomic E-state index is -4.59. The van der Waals surface area contributed by atoms with Crippen LogP contribution < -0.4 is 10.1 Å². The Morgan fingerprint density at radius 1 is 1.11 bits per heavy atom. The van der Waals surface area contributed by atoms with E-state index < -0.39 is 23.4 Å². The molecule has 3 N–H and O–H groups in total. The van der Waals surface area contributed by atoms with E-state index in [0.29, 0.717) is 26.7 Å². The summed E-state index contributed by atoms with van der Waals surface area (Å²) >= 11 is 1.22. The zero-order valence-corrected chi connectivity index (χ0v) is 20.6. The number of carbonyl (C=O) groups is 1. The highest BCUT2D eigenvalue weighted by Gasteiger charge is 2.33. The number of aromatic carboxylic acids is 1. The SMILES string of the molecule is COc1cc(C(C)(O)c2ncc(-c3cc(C)cc(Nc4nccc(C(F)(F)F)n4)c3)s2)ccc1C(=O)O. The van der Waals surface area contributed by atoms with Crippen LogP contribution >= 0.6 is 11.3 Å². The number of carboxylic acids is 1. The number of ether oxygens (including phenoxy) is 1. The van der Waals surface area contributed by atoms with E-state index in [-0.39, 0.29) is 17.3 Å². The van der Waals surface area contributed by atoms with E-state index in [2.05, 4.69) is 20.3 Å². The fourth-order valence-corrected chi connectivity index (χ4v) is 4.60. The molecule has 0 bridgehead atoms. The molecule has 4 rings (SSSR count). The number of thiazole rings is 1. The van der Waals surface area contributed by atoms with Crippen LogP contribution in [0.5, 0.6) is 5.75 Å². The summed E-state index contributed by atoms with van der Waals surface area (Å²) in [7, 11) is 1.34. The lowest BCUT2D eigenvalue weighted by Crippen LogP contribution is -2.22. The zero-order chi connectivity index (χ0) is 27.0. The molecule has 1 unspecified atom stereocenters. The van der Waals surface area contributed by atoms with Crippen LogP contribution in [0.15, 0.2) is 54.9 Å². The fourth-order valence-electron chi connectivity index (χ4n) is 3.63. The van der Waals surface area contributed by atoms with Crippen molar-refractivity contribution in [3.8, 4) is 16.2 Å². The Morgan fingerprint density at radius 2 is 1.86 bits per heavy atom. The van der Waals surface area contributed by atoms with Crippen molar-refractivity contribution in [1.82, 2.24) is 15.0 Å². The number of methoxy groups -OCH3 is 1. The second-order valence-corrected chi connectivity index (χ2v) is 9.33. The number of carboxylic acid groups (broad SMARTS) is 1. The molecule has 0 spiro atoms. The van der Waals surface area contributed by atoms with Gasteiger partial charge in [-0.15, -0.1) is 11.3 Å². The molecule has 0 aliphatic heterocycles. The van der Waals surface area contributed by atoms with Crippen LogP contribution in [0.1, 0.15) is 39.1 Å². The Labute approximate surface area is 213 Å². The number of nitrogens with one attached hydrogen (secondary N) is 1. The third-order valence-corrected chi connectivity index (χ3v) is 6.74. The van der Waals surface area contributed by atoms with Gasteiger partial charge in [-0.25, -0.2) is 19.7 Å². The Bertz CT molecular complexity index is 1470. The average molecular weight is 531 g/mol. The molecule has 0 saturated heterocycles. The summed E-state index contributed by atoms with van der Waals surface area (Å²) < 4.78 is 44.2. The molecule has 2 aromatic carbocycles. The number of aliphatic hydroxyl groups is 1. The summed E-state index contributed by atoms with van der Waals surface area (Å²) in [6, 6.07) is 10.4. The fraction of sp³-hybridized carbons (Fsp3) is 0.200. The lowest BCUT2D eigenvalue weighted by molar-refractivity contribution is -0.141. The lowest BCUT2D eigenvalue weighted by atomic mass is 9.95. The molecule has 0 aliphatic carbocycles. The van der Waals surface area contributed by atoms with E-state index in [1.54, 1.807) is 25.3 Å². The molecule has 0 fully saturated rings. The minimum absolute atomic E-state index is 0.0357. The molecule has 2 heterocycles. The molecule has 0 saturated carbocycles. The van der Waals surface area contributed by atoms with Gasteiger partial charge in [-0.1, -0.05) is 12.1 Å². The van der Waals surface area contributed by atoms with Gasteiger partial charge in [-0.05, 0) is 60.9 Å². The van der Waals surface area contributed by atoms with Crippen molar-refractivity contribution < 1.29 is 32.9 Å². The molecule has 2 aromatic heterocycles. The van der Waals surface area contributed by atoms with Gasteiger partial charge in [-0.2, -0.15) is 13.2 Å². The molecule has 0 aliphatic rings. The highest BCUT2D eigenvalue weighted by atomic mass is 32.1. The van der Waals surface area contributed by atoms with Crippen molar-refractivity contribution in [2.24, 2.45) is 0 Å². The van der Waals surface area contributed by atoms with Gasteiger partial charge < -0.3 is 20.3 Å². The van der Waals surface area contributed by atoms with E-state index in [1.165, 1.54) is 36.6 Å². The van der Waals surface area contributed by atoms with Gasteiger partial charge in [0.05, 0.1) is 12.0 Å². The average Bonchev–Trinajstić information content (AvgIpc) is 3.34. The second kappa shape index (κ2) is 9.79. The third-order valence-electron chi connectivity index (χ3n) is 5.48. The van der Waals surface area contributed by atoms with Crippen LogP contribution in [0.25, 0.3) is 10.4 Å². The van der Waals surface area contributed by atoms with Gasteiger partial charge in [-0.3, -0.25) is 0 Å². The van der Waals surface area contributed by atoms with Crippen molar-refractivity contribution in [3.63, 3.8) is 0 Å². The van der Waals surface area contributed by atoms with E-state index >= 15 is 0 Å². The van der Waals surface area contributed by atoms with Gasteiger partial charge in [0, 0.05) is 18.1 Å². The normalized spacial score (nSPS) is 13.2. The Morgan fingerprint density at radius 3 is 2.54 bits per heavy atom. The number of nitrogens with zero attached hydrogens (tertiary/aromatic N) is 3. The second-order valence-electron chi connectivity index (χ2n) is 8.30. The predicted molar refractivity (Wildman–Crippen MR) is 131 cm³/mol. The molecule has 1 atom stereocenters. The third kappa shape index (κ3) is 5.54. The van der Waals surface area contributed by atoms with Crippen molar-refractivity contribution in [2.45, 2.75) is 25.6 Å². The van der Waals surface area contributed by atoms with Gasteiger partial charge in [0.15, 0.2) is 0 Å². The Balaban J connectivity index is 1.64. The molecule has 0 radical (unpaired) electrons. The minimum Gasteiger partial charge on any atom is -0.496 e. The zero-order valence-electron chi connectivity index (χ0n) is 19.8. The van der Waals surface area contributed by atoms with Gasteiger partial charge >= 0.3 is 12.1 Å². The maximum atomic E-state index is 13.0. The molecule has 0 amide bonds. The smallest absolute Gasteiger partial charge is 0.433 e. The van der Waals surface area contributed by atoms with E-state index in [9.17, 15) is 28.2 Å². The van der Waals surface area contributed by atoms with Gasteiger partial charge in [0.2, 0.25) is 5.95 Å². The topological polar surface area (TPSA) is 117 Å². The summed E-state index contributed by atoms with van der Waals surface area (Å²) in [5.74, 6) is -1.25. The summed E-state index contributed by atoms with van der Waals surface area (Å²) in [5, 5.41) is 23.8. The van der Waals surface area contributed by atoms with Crippen LogP contribution in [-0.2, 0) is 11.8 Å². The van der Waals surface area contributed by atoms with Crippen molar-refractivity contribution in [3.05, 3.63) is 82.3 Å². The van der Waals surface area contributed by atoms with Crippen molar-refractivity contribution in [1.29, 1.82) is 0 Å². The summed E-state index contributed by atoms with van der Waals surface area (Å²) in [6.45, 7) is 3.37. The largest absolute Gasteiger partial charge is 0.496 e. The molecular formula is C25H21F3N4O4S. The van der Waals surface area contributed by atoms with E-state index in [1.807, 2.05) is 13.0 Å². The summed E-state index contributed by atoms with van der Waals surface area (Å²) in [6.07, 6.45) is -1.98. The Hall–Kier alpha value is -4.03. The van der Waals surface area contributed by atoms with E-state index in [0.717, 1.165) is 17.8 Å². The number of rotatable bonds is 7. The molecule has 12 heteroatoms. The molecular weight excluding hydrogens is 509 g/mol. The van der Waals surface area contributed by atoms with Gasteiger partial charge in [0.25, 0.3) is 0 Å². The number of benzene rings is 2. The number of hydrogen-bond acceptors (Lipinski definition) is 8. The molecule has 4 aromatic rings. The molecule has 37 heavy (non-hydrogen) atoms. The predicted octanol–water partition coefficient (Wildman–Crippen LogP) is 5.63. The van der Waals surface area contributed by atoms with Crippen LogP contribution in [0, 0.1) is 6.92 Å². The maximum Gasteiger partial charge on any atom is 0.433 e. The van der Waals surface area contributed by atoms with Crippen LogP contribution in [0.4, 0.5) is 24.8 Å². The quantitative estimate of drug-likeness (QED) is 0.281. The highest BCUT2D eigenvalue weighted by Crippen LogP contribution is 2.38. The van der Waals surface area contributed by atoms with Crippen molar-refractivity contribution >= 4 is 28.9 Å². The van der Waals surface area contributed by atoms with Crippen LogP contribution in [0.3, 0.4) is 0 Å². The summed E-state index contributed by atoms with van der Waals surface area (Å²) in [5.41, 5.74) is -0.236. The monoisotopic (exact) mass is 530 g/mol. The molecule has 192 valence electrons. The maximum absolute atomic E-state index is 13.0. The van der Waals surface area contributed by atoms with Gasteiger partial charge in [0.1, 0.15) is 27.6 Å².